The van der Waals surface area contributed by atoms with Crippen LogP contribution in [0, 0.1) is 5.92 Å². The van der Waals surface area contributed by atoms with E-state index in [0.717, 1.165) is 44.3 Å². The number of amides is 1. The van der Waals surface area contributed by atoms with Crippen LogP contribution < -0.4 is 0 Å². The zero-order chi connectivity index (χ0) is 17.8. The van der Waals surface area contributed by atoms with E-state index in [-0.39, 0.29) is 5.91 Å². The minimum Gasteiger partial charge on any atom is -0.339 e. The molecular formula is C21H22N4O. The Labute approximate surface area is 153 Å². The number of rotatable bonds is 3. The Morgan fingerprint density at radius 1 is 1.12 bits per heavy atom. The lowest BCUT2D eigenvalue weighted by Gasteiger charge is -2.20. The molecule has 0 spiro atoms. The molecule has 132 valence electrons. The highest BCUT2D eigenvalue weighted by Crippen LogP contribution is 2.24. The molecule has 3 aromatic rings. The number of pyridine rings is 1. The van der Waals surface area contributed by atoms with Crippen LogP contribution in [0.5, 0.6) is 0 Å². The smallest absolute Gasteiger partial charge is 0.256 e. The molecule has 2 aromatic heterocycles. The average molecular weight is 346 g/mol. The van der Waals surface area contributed by atoms with Gasteiger partial charge in [-0.05, 0) is 55.4 Å². The molecule has 0 saturated carbocycles. The lowest BCUT2D eigenvalue weighted by atomic mass is 9.92. The molecule has 5 nitrogen and oxygen atoms in total. The highest BCUT2D eigenvalue weighted by Gasteiger charge is 2.22. The summed E-state index contributed by atoms with van der Waals surface area (Å²) < 4.78 is 0. The van der Waals surface area contributed by atoms with Crippen molar-refractivity contribution in [1.82, 2.24) is 19.9 Å². The first-order valence-electron chi connectivity index (χ1n) is 9.17. The fourth-order valence-electron chi connectivity index (χ4n) is 3.75. The van der Waals surface area contributed by atoms with Gasteiger partial charge in [0.2, 0.25) is 0 Å². The van der Waals surface area contributed by atoms with Crippen LogP contribution in [0.3, 0.4) is 0 Å². The molecule has 1 aromatic carbocycles. The maximum Gasteiger partial charge on any atom is 0.256 e. The van der Waals surface area contributed by atoms with Gasteiger partial charge in [0.05, 0.1) is 11.1 Å². The van der Waals surface area contributed by atoms with Crippen LogP contribution in [0.15, 0.2) is 55.2 Å². The molecule has 0 radical (unpaired) electrons. The summed E-state index contributed by atoms with van der Waals surface area (Å²) in [5.41, 5.74) is 2.97. The molecule has 0 N–H and O–H groups in total. The Hall–Kier alpha value is -2.82. The first-order chi connectivity index (χ1) is 12.8. The normalized spacial score (nSPS) is 17.8. The molecule has 3 heterocycles. The molecule has 4 rings (SSSR count). The first-order valence-corrected chi connectivity index (χ1v) is 9.17. The number of carbonyl (C=O) groups is 1. The molecule has 1 aliphatic rings. The molecule has 1 saturated heterocycles. The Balaban J connectivity index is 1.41. The van der Waals surface area contributed by atoms with Crippen molar-refractivity contribution >= 4 is 16.8 Å². The fourth-order valence-corrected chi connectivity index (χ4v) is 3.75. The lowest BCUT2D eigenvalue weighted by molar-refractivity contribution is 0.0759. The third-order valence-electron chi connectivity index (χ3n) is 5.13. The van der Waals surface area contributed by atoms with E-state index in [1.807, 2.05) is 17.2 Å². The summed E-state index contributed by atoms with van der Waals surface area (Å²) in [6.45, 7) is 1.61. The van der Waals surface area contributed by atoms with Crippen LogP contribution in [0.2, 0.25) is 0 Å². The van der Waals surface area contributed by atoms with Gasteiger partial charge in [0.1, 0.15) is 6.33 Å². The first kappa shape index (κ1) is 16.6. The van der Waals surface area contributed by atoms with Crippen molar-refractivity contribution in [2.75, 3.05) is 13.1 Å². The quantitative estimate of drug-likeness (QED) is 0.728. The summed E-state index contributed by atoms with van der Waals surface area (Å²) in [4.78, 5) is 26.9. The van der Waals surface area contributed by atoms with Crippen molar-refractivity contribution in [3.63, 3.8) is 0 Å². The third-order valence-corrected chi connectivity index (χ3v) is 5.13. The van der Waals surface area contributed by atoms with Gasteiger partial charge in [-0.2, -0.15) is 0 Å². The Morgan fingerprint density at radius 3 is 2.88 bits per heavy atom. The highest BCUT2D eigenvalue weighted by molar-refractivity contribution is 5.93. The van der Waals surface area contributed by atoms with Crippen molar-refractivity contribution < 1.29 is 4.79 Å². The Kier molecular flexibility index (Phi) is 4.86. The number of fused-ring (bicyclic) bond motifs is 1. The number of benzene rings is 1. The standard InChI is InChI=1S/C21H22N4O/c26-21(19-13-22-15-23-14-19)25-9-2-3-16(7-10-25)11-17-5-6-20-18(12-17)4-1-8-24-20/h1,4-6,8,12-16H,2-3,7,9-11H2/t16-/m1/s1. The van der Waals surface area contributed by atoms with Crippen molar-refractivity contribution in [2.24, 2.45) is 5.92 Å². The number of hydrogen-bond donors (Lipinski definition) is 0. The van der Waals surface area contributed by atoms with Gasteiger partial charge in [-0.25, -0.2) is 9.97 Å². The second-order valence-electron chi connectivity index (χ2n) is 6.95. The minimum atomic E-state index is 0.0445. The predicted molar refractivity (Wildman–Crippen MR) is 101 cm³/mol. The van der Waals surface area contributed by atoms with E-state index in [1.165, 1.54) is 17.3 Å². The molecule has 5 heteroatoms. The van der Waals surface area contributed by atoms with Gasteiger partial charge in [-0.15, -0.1) is 0 Å². The number of aromatic nitrogens is 3. The van der Waals surface area contributed by atoms with E-state index >= 15 is 0 Å². The minimum absolute atomic E-state index is 0.0445. The number of hydrogen-bond acceptors (Lipinski definition) is 4. The van der Waals surface area contributed by atoms with Crippen LogP contribution in [0.1, 0.15) is 35.2 Å². The van der Waals surface area contributed by atoms with E-state index < -0.39 is 0 Å². The summed E-state index contributed by atoms with van der Waals surface area (Å²) in [5.74, 6) is 0.650. The van der Waals surface area contributed by atoms with Crippen LogP contribution in [0.4, 0.5) is 0 Å². The molecule has 1 fully saturated rings. The second-order valence-corrected chi connectivity index (χ2v) is 6.95. The van der Waals surface area contributed by atoms with Crippen molar-refractivity contribution in [2.45, 2.75) is 25.7 Å². The van der Waals surface area contributed by atoms with Crippen LogP contribution in [-0.4, -0.2) is 38.8 Å². The highest BCUT2D eigenvalue weighted by atomic mass is 16.2. The van der Waals surface area contributed by atoms with E-state index in [9.17, 15) is 4.79 Å². The summed E-state index contributed by atoms with van der Waals surface area (Å²) in [6, 6.07) is 10.6. The van der Waals surface area contributed by atoms with Crippen LogP contribution >= 0.6 is 0 Å². The maximum absolute atomic E-state index is 12.6. The van der Waals surface area contributed by atoms with Gasteiger partial charge in [0.15, 0.2) is 0 Å². The molecule has 1 amide bonds. The summed E-state index contributed by atoms with van der Waals surface area (Å²) >= 11 is 0. The molecule has 1 aliphatic heterocycles. The molecule has 26 heavy (non-hydrogen) atoms. The van der Waals surface area contributed by atoms with Crippen LogP contribution in [0.25, 0.3) is 10.9 Å². The SMILES string of the molecule is O=C(c1cncnc1)N1CCC[C@@H](Cc2ccc3ncccc3c2)CC1. The van der Waals surface area contributed by atoms with E-state index in [0.29, 0.717) is 11.5 Å². The molecule has 0 aliphatic carbocycles. The number of nitrogens with zero attached hydrogens (tertiary/aromatic N) is 4. The predicted octanol–water partition coefficient (Wildman–Crippen LogP) is 3.51. The van der Waals surface area contributed by atoms with E-state index in [4.69, 9.17) is 0 Å². The summed E-state index contributed by atoms with van der Waals surface area (Å²) in [5, 5.41) is 1.19. The van der Waals surface area contributed by atoms with Crippen molar-refractivity contribution in [1.29, 1.82) is 0 Å². The topological polar surface area (TPSA) is 59.0 Å². The van der Waals surface area contributed by atoms with Crippen molar-refractivity contribution in [3.05, 3.63) is 66.4 Å². The monoisotopic (exact) mass is 346 g/mol. The van der Waals surface area contributed by atoms with Gasteiger partial charge in [0.25, 0.3) is 5.91 Å². The average Bonchev–Trinajstić information content (AvgIpc) is 2.93. The molecule has 1 atom stereocenters. The summed E-state index contributed by atoms with van der Waals surface area (Å²) in [6.07, 6.45) is 10.8. The number of carbonyl (C=O) groups excluding carboxylic acids is 1. The van der Waals surface area contributed by atoms with Gasteiger partial charge in [0, 0.05) is 37.1 Å². The Morgan fingerprint density at radius 2 is 2.00 bits per heavy atom. The van der Waals surface area contributed by atoms with E-state index in [1.54, 1.807) is 12.4 Å². The van der Waals surface area contributed by atoms with Gasteiger partial charge < -0.3 is 4.90 Å². The molecule has 0 unspecified atom stereocenters. The summed E-state index contributed by atoms with van der Waals surface area (Å²) in [7, 11) is 0. The zero-order valence-corrected chi connectivity index (χ0v) is 14.7. The van der Waals surface area contributed by atoms with Gasteiger partial charge in [-0.1, -0.05) is 12.1 Å². The second kappa shape index (κ2) is 7.60. The number of likely N-dealkylation sites (tertiary alicyclic amines) is 1. The van der Waals surface area contributed by atoms with Crippen molar-refractivity contribution in [3.8, 4) is 0 Å². The fraction of sp³-hybridized carbons (Fsp3) is 0.333. The molecular weight excluding hydrogens is 324 g/mol. The molecule has 0 bridgehead atoms. The van der Waals surface area contributed by atoms with Gasteiger partial charge in [-0.3, -0.25) is 9.78 Å². The van der Waals surface area contributed by atoms with E-state index in [2.05, 4.69) is 39.2 Å². The third kappa shape index (κ3) is 3.72. The lowest BCUT2D eigenvalue weighted by Crippen LogP contribution is -2.32. The zero-order valence-electron chi connectivity index (χ0n) is 14.7. The Bertz CT molecular complexity index is 897. The van der Waals surface area contributed by atoms with Gasteiger partial charge >= 0.3 is 0 Å². The van der Waals surface area contributed by atoms with Crippen LogP contribution in [-0.2, 0) is 6.42 Å². The largest absolute Gasteiger partial charge is 0.339 e. The maximum atomic E-state index is 12.6.